The van der Waals surface area contributed by atoms with Crippen molar-refractivity contribution in [3.63, 3.8) is 0 Å². The number of nitrogens with one attached hydrogen (secondary N) is 2. The number of para-hydroxylation sites is 1. The lowest BCUT2D eigenvalue weighted by Crippen LogP contribution is -2.39. The summed E-state index contributed by atoms with van der Waals surface area (Å²) in [6.07, 6.45) is 4.60. The van der Waals surface area contributed by atoms with Gasteiger partial charge in [-0.25, -0.2) is 9.78 Å². The number of anilines is 1. The van der Waals surface area contributed by atoms with Crippen molar-refractivity contribution < 1.29 is 29.0 Å². The van der Waals surface area contributed by atoms with Crippen molar-refractivity contribution in [1.29, 1.82) is 0 Å². The molecule has 47 heavy (non-hydrogen) atoms. The third-order valence-electron chi connectivity index (χ3n) is 7.90. The SMILES string of the molecule is O=C(Nc1ccccc1C(=O)O)c1ccc(Oc2ccc3cc(OC4CCC(NC(=O)c5cc(Cl)cnc5Cl)CC4)ccc3c2)cc1. The Labute approximate surface area is 280 Å². The molecule has 9 nitrogen and oxygen atoms in total. The number of carboxylic acids is 1. The number of aromatic carboxylic acids is 1. The monoisotopic (exact) mass is 669 g/mol. The highest BCUT2D eigenvalue weighted by atomic mass is 35.5. The fourth-order valence-electron chi connectivity index (χ4n) is 5.48. The Morgan fingerprint density at radius 2 is 1.40 bits per heavy atom. The van der Waals surface area contributed by atoms with Gasteiger partial charge >= 0.3 is 5.97 Å². The Kier molecular flexibility index (Phi) is 9.56. The molecule has 11 heteroatoms. The van der Waals surface area contributed by atoms with E-state index in [1.54, 1.807) is 42.5 Å². The fraction of sp³-hybridized carbons (Fsp3) is 0.167. The number of nitrogens with zero attached hydrogens (tertiary/aromatic N) is 1. The number of ether oxygens (including phenoxy) is 2. The number of fused-ring (bicyclic) bond motifs is 1. The van der Waals surface area contributed by atoms with Crippen LogP contribution >= 0.6 is 23.2 Å². The van der Waals surface area contributed by atoms with Crippen LogP contribution in [0.15, 0.2) is 97.2 Å². The zero-order valence-corrected chi connectivity index (χ0v) is 26.4. The number of amides is 2. The minimum Gasteiger partial charge on any atom is -0.490 e. The Morgan fingerprint density at radius 1 is 0.745 bits per heavy atom. The lowest BCUT2D eigenvalue weighted by atomic mass is 9.92. The molecule has 238 valence electrons. The van der Waals surface area contributed by atoms with Gasteiger partial charge in [-0.1, -0.05) is 47.5 Å². The van der Waals surface area contributed by atoms with E-state index in [2.05, 4.69) is 15.6 Å². The molecule has 1 saturated carbocycles. The van der Waals surface area contributed by atoms with Gasteiger partial charge in [0.15, 0.2) is 0 Å². The van der Waals surface area contributed by atoms with Crippen molar-refractivity contribution in [2.45, 2.75) is 37.8 Å². The number of benzene rings is 4. The summed E-state index contributed by atoms with van der Waals surface area (Å²) in [5.41, 5.74) is 0.868. The number of hydrogen-bond acceptors (Lipinski definition) is 6. The molecule has 1 heterocycles. The molecule has 0 saturated heterocycles. The first kappa shape index (κ1) is 31.8. The third kappa shape index (κ3) is 7.82. The number of rotatable bonds is 9. The normalized spacial score (nSPS) is 15.9. The zero-order chi connectivity index (χ0) is 32.9. The van der Waals surface area contributed by atoms with E-state index in [1.807, 2.05) is 36.4 Å². The molecular formula is C36H29Cl2N3O6. The molecule has 0 aliphatic heterocycles. The predicted molar refractivity (Wildman–Crippen MR) is 180 cm³/mol. The van der Waals surface area contributed by atoms with Gasteiger partial charge in [0.1, 0.15) is 22.4 Å². The quantitative estimate of drug-likeness (QED) is 0.134. The first-order valence-corrected chi connectivity index (χ1v) is 15.7. The zero-order valence-electron chi connectivity index (χ0n) is 24.9. The first-order valence-electron chi connectivity index (χ1n) is 15.0. The van der Waals surface area contributed by atoms with Crippen molar-refractivity contribution >= 4 is 57.4 Å². The van der Waals surface area contributed by atoms with E-state index in [1.165, 1.54) is 18.3 Å². The van der Waals surface area contributed by atoms with Crippen LogP contribution in [-0.4, -0.2) is 40.0 Å². The molecule has 0 radical (unpaired) electrons. The van der Waals surface area contributed by atoms with E-state index < -0.39 is 11.9 Å². The van der Waals surface area contributed by atoms with Crippen LogP contribution in [0.4, 0.5) is 5.69 Å². The summed E-state index contributed by atoms with van der Waals surface area (Å²) in [7, 11) is 0. The smallest absolute Gasteiger partial charge is 0.337 e. The van der Waals surface area contributed by atoms with Crippen molar-refractivity contribution in [3.05, 3.63) is 124 Å². The predicted octanol–water partition coefficient (Wildman–Crippen LogP) is 8.40. The molecule has 4 aromatic carbocycles. The number of carbonyl (C=O) groups is 3. The number of aromatic nitrogens is 1. The van der Waals surface area contributed by atoms with Gasteiger partial charge in [0.25, 0.3) is 11.8 Å². The molecule has 0 unspecified atom stereocenters. The lowest BCUT2D eigenvalue weighted by molar-refractivity contribution is 0.0697. The van der Waals surface area contributed by atoms with Crippen LogP contribution in [-0.2, 0) is 0 Å². The maximum atomic E-state index is 12.7. The van der Waals surface area contributed by atoms with Gasteiger partial charge in [-0.15, -0.1) is 0 Å². The molecule has 0 spiro atoms. The summed E-state index contributed by atoms with van der Waals surface area (Å²) in [4.78, 5) is 40.7. The van der Waals surface area contributed by atoms with Crippen molar-refractivity contribution in [3.8, 4) is 17.2 Å². The molecule has 0 bridgehead atoms. The summed E-state index contributed by atoms with van der Waals surface area (Å²) in [6, 6.07) is 26.0. The van der Waals surface area contributed by atoms with E-state index in [0.29, 0.717) is 22.1 Å². The second-order valence-corrected chi connectivity index (χ2v) is 12.0. The molecule has 6 rings (SSSR count). The lowest BCUT2D eigenvalue weighted by Gasteiger charge is -2.29. The molecule has 5 aromatic rings. The maximum Gasteiger partial charge on any atom is 0.337 e. The summed E-state index contributed by atoms with van der Waals surface area (Å²) >= 11 is 12.0. The fourth-order valence-corrected chi connectivity index (χ4v) is 5.83. The molecule has 0 atom stereocenters. The number of carboxylic acid groups (broad SMARTS) is 1. The van der Waals surface area contributed by atoms with Crippen molar-refractivity contribution in [1.82, 2.24) is 10.3 Å². The van der Waals surface area contributed by atoms with E-state index in [9.17, 15) is 19.5 Å². The molecule has 2 amide bonds. The second kappa shape index (κ2) is 14.1. The summed E-state index contributed by atoms with van der Waals surface area (Å²) in [5, 5.41) is 17.5. The Hall–Kier alpha value is -5.12. The van der Waals surface area contributed by atoms with Crippen LogP contribution in [0.25, 0.3) is 10.8 Å². The minimum atomic E-state index is -1.12. The van der Waals surface area contributed by atoms with Gasteiger partial charge in [0, 0.05) is 17.8 Å². The molecule has 1 aliphatic carbocycles. The average Bonchev–Trinajstić information content (AvgIpc) is 3.07. The number of hydrogen-bond donors (Lipinski definition) is 3. The standard InChI is InChI=1S/C36H29Cl2N3O6/c37-24-19-31(33(38)39-20-24)35(43)40-25-9-15-27(16-10-25)47-29-14-8-22-17-28(13-7-23(22)18-29)46-26-11-5-21(6-12-26)34(42)41-32-4-2-1-3-30(32)36(44)45/h1-8,11-14,17-20,25,27H,9-10,15-16H2,(H,40,43)(H,41,42)(H,44,45). The van der Waals surface area contributed by atoms with Gasteiger partial charge in [-0.2, -0.15) is 0 Å². The molecule has 1 aromatic heterocycles. The second-order valence-electron chi connectivity index (χ2n) is 11.2. The van der Waals surface area contributed by atoms with Gasteiger partial charge in [-0.05, 0) is 103 Å². The summed E-state index contributed by atoms with van der Waals surface area (Å²) in [5.74, 6) is 0.125. The first-order chi connectivity index (χ1) is 22.7. The van der Waals surface area contributed by atoms with E-state index >= 15 is 0 Å². The average molecular weight is 671 g/mol. The summed E-state index contributed by atoms with van der Waals surface area (Å²) in [6.45, 7) is 0. The maximum absolute atomic E-state index is 12.7. The highest BCUT2D eigenvalue weighted by Crippen LogP contribution is 2.31. The number of halogens is 2. The third-order valence-corrected chi connectivity index (χ3v) is 8.41. The topological polar surface area (TPSA) is 127 Å². The van der Waals surface area contributed by atoms with E-state index in [-0.39, 0.29) is 40.0 Å². The van der Waals surface area contributed by atoms with Gasteiger partial charge in [0.2, 0.25) is 0 Å². The highest BCUT2D eigenvalue weighted by Gasteiger charge is 2.25. The van der Waals surface area contributed by atoms with Gasteiger partial charge < -0.3 is 25.2 Å². The van der Waals surface area contributed by atoms with Crippen LogP contribution in [0.3, 0.4) is 0 Å². The molecule has 3 N–H and O–H groups in total. The van der Waals surface area contributed by atoms with Crippen molar-refractivity contribution in [2.24, 2.45) is 0 Å². The summed E-state index contributed by atoms with van der Waals surface area (Å²) < 4.78 is 12.3. The van der Waals surface area contributed by atoms with E-state index in [4.69, 9.17) is 32.7 Å². The van der Waals surface area contributed by atoms with Crippen molar-refractivity contribution in [2.75, 3.05) is 5.32 Å². The Bertz CT molecular complexity index is 1960. The van der Waals surface area contributed by atoms with Gasteiger partial charge in [-0.3, -0.25) is 9.59 Å². The van der Waals surface area contributed by atoms with Crippen LogP contribution in [0, 0.1) is 0 Å². The van der Waals surface area contributed by atoms with Crippen LogP contribution < -0.4 is 20.1 Å². The van der Waals surface area contributed by atoms with Crippen LogP contribution in [0.1, 0.15) is 56.8 Å². The van der Waals surface area contributed by atoms with Gasteiger partial charge in [0.05, 0.1) is 27.9 Å². The largest absolute Gasteiger partial charge is 0.490 e. The minimum absolute atomic E-state index is 0.0145. The molecule has 1 aliphatic rings. The number of carbonyl (C=O) groups excluding carboxylic acids is 2. The van der Waals surface area contributed by atoms with Crippen LogP contribution in [0.2, 0.25) is 10.2 Å². The highest BCUT2D eigenvalue weighted by molar-refractivity contribution is 6.34. The molecular weight excluding hydrogens is 641 g/mol. The van der Waals surface area contributed by atoms with E-state index in [0.717, 1.165) is 42.2 Å². The Morgan fingerprint density at radius 3 is 2.13 bits per heavy atom. The Balaban J connectivity index is 1.02. The number of pyridine rings is 1. The molecule has 1 fully saturated rings. The van der Waals surface area contributed by atoms with Crippen LogP contribution in [0.5, 0.6) is 17.2 Å².